The van der Waals surface area contributed by atoms with Crippen molar-refractivity contribution >= 4 is 28.6 Å². The minimum absolute atomic E-state index is 0.487. The highest BCUT2D eigenvalue weighted by molar-refractivity contribution is 7.89. The smallest absolute Gasteiger partial charge is 0.321 e. The van der Waals surface area contributed by atoms with Gasteiger partial charge in [0.1, 0.15) is 0 Å². The molecule has 4 N–H and O–H groups in total. The number of hydrogen-bond acceptors (Lipinski definition) is 5. The van der Waals surface area contributed by atoms with E-state index in [1.54, 1.807) is 0 Å². The van der Waals surface area contributed by atoms with Crippen LogP contribution >= 0.6 is 7.60 Å². The molecule has 0 unspecified atom stereocenters. The fraction of sp³-hybridized carbons (Fsp3) is 0. The molecular formula is C6H7N2O7PS. The SMILES string of the molecule is NS(=O)(=O)c1ccc(P(=O)(O)O)cc1[N+](=O)[O-]. The molecule has 1 rings (SSSR count). The van der Waals surface area contributed by atoms with Crippen molar-refractivity contribution in [2.24, 2.45) is 5.14 Å². The number of sulfonamides is 1. The zero-order valence-electron chi connectivity index (χ0n) is 8.05. The molecule has 1 aromatic carbocycles. The molecule has 0 aliphatic rings. The van der Waals surface area contributed by atoms with Gasteiger partial charge in [-0.25, -0.2) is 13.6 Å². The molecule has 0 aliphatic carbocycles. The largest absolute Gasteiger partial charge is 0.356 e. The molecule has 0 radical (unpaired) electrons. The molecule has 0 spiro atoms. The minimum atomic E-state index is -4.70. The van der Waals surface area contributed by atoms with E-state index in [1.807, 2.05) is 0 Å². The van der Waals surface area contributed by atoms with Crippen LogP contribution in [0.4, 0.5) is 5.69 Å². The maximum absolute atomic E-state index is 11.0. The molecule has 94 valence electrons. The topological polar surface area (TPSA) is 161 Å². The van der Waals surface area contributed by atoms with Crippen LogP contribution in [0.5, 0.6) is 0 Å². The van der Waals surface area contributed by atoms with Gasteiger partial charge in [-0.1, -0.05) is 0 Å². The Morgan fingerprint density at radius 2 is 1.88 bits per heavy atom. The van der Waals surface area contributed by atoms with Gasteiger partial charge in [-0.15, -0.1) is 0 Å². The normalized spacial score (nSPS) is 12.4. The van der Waals surface area contributed by atoms with Crippen molar-refractivity contribution in [3.05, 3.63) is 28.3 Å². The minimum Gasteiger partial charge on any atom is -0.321 e. The Kier molecular flexibility index (Phi) is 3.37. The Bertz CT molecular complexity index is 619. The summed E-state index contributed by atoms with van der Waals surface area (Å²) in [7, 11) is -9.03. The average Bonchev–Trinajstić information content (AvgIpc) is 2.14. The van der Waals surface area contributed by atoms with Crippen LogP contribution < -0.4 is 10.4 Å². The highest BCUT2D eigenvalue weighted by Gasteiger charge is 2.27. The van der Waals surface area contributed by atoms with Gasteiger partial charge in [0.05, 0.1) is 10.2 Å². The van der Waals surface area contributed by atoms with E-state index in [-0.39, 0.29) is 0 Å². The predicted molar refractivity (Wildman–Crippen MR) is 56.1 cm³/mol. The van der Waals surface area contributed by atoms with Crippen LogP contribution in [0, 0.1) is 10.1 Å². The van der Waals surface area contributed by atoms with Crippen molar-refractivity contribution in [1.29, 1.82) is 0 Å². The van der Waals surface area contributed by atoms with Gasteiger partial charge in [0, 0.05) is 6.07 Å². The summed E-state index contributed by atoms with van der Waals surface area (Å²) in [6, 6.07) is 1.94. The fourth-order valence-electron chi connectivity index (χ4n) is 1.07. The third-order valence-electron chi connectivity index (χ3n) is 1.78. The van der Waals surface area contributed by atoms with Crippen molar-refractivity contribution in [3.63, 3.8) is 0 Å². The second-order valence-electron chi connectivity index (χ2n) is 3.00. The van der Waals surface area contributed by atoms with E-state index in [1.165, 1.54) is 0 Å². The van der Waals surface area contributed by atoms with E-state index < -0.39 is 38.4 Å². The number of hydrogen-bond donors (Lipinski definition) is 3. The molecule has 0 saturated carbocycles. The highest BCUT2D eigenvalue weighted by atomic mass is 32.2. The quantitative estimate of drug-likeness (QED) is 0.365. The second-order valence-corrected chi connectivity index (χ2v) is 6.13. The standard InChI is InChI=1S/C6H7N2O7PS/c7-17(14,15)6-2-1-4(16(11,12)13)3-5(6)8(9)10/h1-3H,(H2,7,14,15)(H2,11,12,13). The molecule has 0 bridgehead atoms. The molecule has 0 amide bonds. The van der Waals surface area contributed by atoms with Crippen molar-refractivity contribution in [2.45, 2.75) is 4.90 Å². The lowest BCUT2D eigenvalue weighted by atomic mass is 10.3. The molecule has 0 aliphatic heterocycles. The van der Waals surface area contributed by atoms with Gasteiger partial charge < -0.3 is 9.79 Å². The van der Waals surface area contributed by atoms with Crippen LogP contribution in [0.15, 0.2) is 23.1 Å². The number of nitro groups is 1. The fourth-order valence-corrected chi connectivity index (χ4v) is 2.31. The first-order chi connectivity index (χ1) is 7.53. The van der Waals surface area contributed by atoms with Gasteiger partial charge in [0.2, 0.25) is 10.0 Å². The highest BCUT2D eigenvalue weighted by Crippen LogP contribution is 2.35. The Morgan fingerprint density at radius 1 is 1.35 bits per heavy atom. The number of nitrogens with zero attached hydrogens (tertiary/aromatic N) is 1. The molecule has 17 heavy (non-hydrogen) atoms. The van der Waals surface area contributed by atoms with Crippen LogP contribution in [0.1, 0.15) is 0 Å². The van der Waals surface area contributed by atoms with Crippen LogP contribution in [-0.4, -0.2) is 23.1 Å². The summed E-state index contributed by atoms with van der Waals surface area (Å²) in [5.74, 6) is 0. The van der Waals surface area contributed by atoms with Gasteiger partial charge in [-0.2, -0.15) is 0 Å². The number of primary sulfonamides is 1. The predicted octanol–water partition coefficient (Wildman–Crippen LogP) is -0.955. The van der Waals surface area contributed by atoms with Gasteiger partial charge in [0.15, 0.2) is 4.90 Å². The van der Waals surface area contributed by atoms with Gasteiger partial charge >= 0.3 is 7.60 Å². The van der Waals surface area contributed by atoms with Crippen molar-refractivity contribution in [2.75, 3.05) is 0 Å². The summed E-state index contributed by atoms with van der Waals surface area (Å²) in [6.45, 7) is 0. The average molecular weight is 282 g/mol. The molecule has 0 aromatic heterocycles. The van der Waals surface area contributed by atoms with E-state index in [0.29, 0.717) is 12.1 Å². The van der Waals surface area contributed by atoms with E-state index in [2.05, 4.69) is 0 Å². The van der Waals surface area contributed by atoms with Gasteiger partial charge in [0.25, 0.3) is 5.69 Å². The van der Waals surface area contributed by atoms with Crippen molar-refractivity contribution in [3.8, 4) is 0 Å². The lowest BCUT2D eigenvalue weighted by Gasteiger charge is -2.05. The van der Waals surface area contributed by atoms with Crippen LogP contribution in [0.2, 0.25) is 0 Å². The molecule has 0 saturated heterocycles. The molecule has 11 heteroatoms. The molecule has 9 nitrogen and oxygen atoms in total. The number of nitro benzene ring substituents is 1. The molecule has 0 atom stereocenters. The lowest BCUT2D eigenvalue weighted by Crippen LogP contribution is -2.16. The molecule has 0 fully saturated rings. The van der Waals surface area contributed by atoms with Crippen molar-refractivity contribution < 1.29 is 27.7 Å². The zero-order valence-corrected chi connectivity index (χ0v) is 9.76. The summed E-state index contributed by atoms with van der Waals surface area (Å²) in [6.07, 6.45) is 0. The Hall–Kier alpha value is -1.32. The van der Waals surface area contributed by atoms with Crippen LogP contribution in [0.25, 0.3) is 0 Å². The Labute approximate surface area is 95.2 Å². The third kappa shape index (κ3) is 3.08. The maximum atomic E-state index is 11.0. The number of rotatable bonds is 3. The van der Waals surface area contributed by atoms with Crippen LogP contribution in [0.3, 0.4) is 0 Å². The van der Waals surface area contributed by atoms with Gasteiger partial charge in [-0.3, -0.25) is 14.7 Å². The maximum Gasteiger partial charge on any atom is 0.356 e. The Balaban J connectivity index is 3.60. The first-order valence-corrected chi connectivity index (χ1v) is 7.06. The summed E-state index contributed by atoms with van der Waals surface area (Å²) in [5, 5.41) is 14.7. The van der Waals surface area contributed by atoms with Gasteiger partial charge in [-0.05, 0) is 12.1 Å². The summed E-state index contributed by atoms with van der Waals surface area (Å²) in [5.41, 5.74) is -0.978. The number of benzene rings is 1. The zero-order chi connectivity index (χ0) is 13.4. The third-order valence-corrected chi connectivity index (χ3v) is 3.69. The first kappa shape index (κ1) is 13.7. The summed E-state index contributed by atoms with van der Waals surface area (Å²) in [4.78, 5) is 26.3. The van der Waals surface area contributed by atoms with E-state index >= 15 is 0 Å². The van der Waals surface area contributed by atoms with E-state index in [9.17, 15) is 23.1 Å². The van der Waals surface area contributed by atoms with Crippen molar-refractivity contribution in [1.82, 2.24) is 0 Å². The second kappa shape index (κ2) is 4.17. The molecular weight excluding hydrogens is 275 g/mol. The summed E-state index contributed by atoms with van der Waals surface area (Å²) < 4.78 is 32.9. The Morgan fingerprint density at radius 3 is 2.24 bits per heavy atom. The number of nitrogens with two attached hydrogens (primary N) is 1. The summed E-state index contributed by atoms with van der Waals surface area (Å²) >= 11 is 0. The van der Waals surface area contributed by atoms with Crippen LogP contribution in [-0.2, 0) is 14.6 Å². The molecule has 1 aromatic rings. The van der Waals surface area contributed by atoms with E-state index in [4.69, 9.17) is 14.9 Å². The molecule has 0 heterocycles. The van der Waals surface area contributed by atoms with E-state index in [0.717, 1.165) is 6.07 Å². The lowest BCUT2D eigenvalue weighted by molar-refractivity contribution is -0.387. The monoisotopic (exact) mass is 282 g/mol. The first-order valence-electron chi connectivity index (χ1n) is 3.91.